The number of carbonyl (C=O) groups is 1. The number of hydrogen-bond acceptors (Lipinski definition) is 6. The van der Waals surface area contributed by atoms with Gasteiger partial charge in [-0.2, -0.15) is 8.78 Å². The minimum atomic E-state index is -3.15. The molecule has 1 aliphatic rings. The molecule has 0 saturated carbocycles. The summed E-state index contributed by atoms with van der Waals surface area (Å²) in [7, 11) is 1.29. The van der Waals surface area contributed by atoms with Crippen molar-refractivity contribution < 1.29 is 28.0 Å². The highest BCUT2D eigenvalue weighted by Gasteiger charge is 2.24. The number of piperazine rings is 1. The maximum atomic E-state index is 12.4. The molecule has 0 unspecified atom stereocenters. The highest BCUT2D eigenvalue weighted by molar-refractivity contribution is 5.68. The SMILES string of the molecule is COC(=O)N1CCN(c2ccc([N+](=O)[O-])c(OC(F)F)c2)CC1. The fourth-order valence-corrected chi connectivity index (χ4v) is 2.32. The van der Waals surface area contributed by atoms with Crippen LogP contribution in [0.15, 0.2) is 18.2 Å². The van der Waals surface area contributed by atoms with Gasteiger partial charge in [0.2, 0.25) is 5.75 Å². The molecule has 10 heteroatoms. The van der Waals surface area contributed by atoms with Crippen LogP contribution in [0.2, 0.25) is 0 Å². The Hall–Kier alpha value is -2.65. The van der Waals surface area contributed by atoms with E-state index in [0.29, 0.717) is 31.9 Å². The van der Waals surface area contributed by atoms with Crippen LogP contribution in [-0.4, -0.2) is 55.8 Å². The van der Waals surface area contributed by atoms with Gasteiger partial charge in [0, 0.05) is 44.0 Å². The number of benzene rings is 1. The molecule has 1 aromatic carbocycles. The lowest BCUT2D eigenvalue weighted by molar-refractivity contribution is -0.386. The second kappa shape index (κ2) is 7.07. The van der Waals surface area contributed by atoms with E-state index in [1.165, 1.54) is 24.1 Å². The minimum Gasteiger partial charge on any atom is -0.453 e. The molecule has 23 heavy (non-hydrogen) atoms. The van der Waals surface area contributed by atoms with Gasteiger partial charge in [-0.15, -0.1) is 0 Å². The standard InChI is InChI=1S/C13H15F2N3O5/c1-22-13(19)17-6-4-16(5-7-17)9-2-3-10(18(20)21)11(8-9)23-12(14)15/h2-3,8,12H,4-7H2,1H3. The largest absolute Gasteiger partial charge is 0.453 e. The van der Waals surface area contributed by atoms with Crippen molar-refractivity contribution in [3.05, 3.63) is 28.3 Å². The predicted octanol–water partition coefficient (Wildman–Crippen LogP) is 2.08. The van der Waals surface area contributed by atoms with E-state index < -0.39 is 29.1 Å². The van der Waals surface area contributed by atoms with Gasteiger partial charge >= 0.3 is 18.4 Å². The maximum Gasteiger partial charge on any atom is 0.409 e. The number of carbonyl (C=O) groups excluding carboxylic acids is 1. The maximum absolute atomic E-state index is 12.4. The van der Waals surface area contributed by atoms with Crippen LogP contribution in [0.3, 0.4) is 0 Å². The molecule has 0 aromatic heterocycles. The summed E-state index contributed by atoms with van der Waals surface area (Å²) in [6.07, 6.45) is -0.435. The Morgan fingerprint density at radius 3 is 2.48 bits per heavy atom. The van der Waals surface area contributed by atoms with Gasteiger partial charge in [-0.3, -0.25) is 10.1 Å². The second-order valence-electron chi connectivity index (χ2n) is 4.73. The van der Waals surface area contributed by atoms with Crippen molar-refractivity contribution in [3.8, 4) is 5.75 Å². The van der Waals surface area contributed by atoms with Crippen molar-refractivity contribution >= 4 is 17.5 Å². The van der Waals surface area contributed by atoms with Gasteiger partial charge in [0.1, 0.15) is 0 Å². The zero-order chi connectivity index (χ0) is 17.0. The van der Waals surface area contributed by atoms with Crippen LogP contribution < -0.4 is 9.64 Å². The summed E-state index contributed by atoms with van der Waals surface area (Å²) in [5, 5.41) is 10.9. The number of halogens is 2. The smallest absolute Gasteiger partial charge is 0.409 e. The molecule has 126 valence electrons. The minimum absolute atomic E-state index is 0.398. The lowest BCUT2D eigenvalue weighted by atomic mass is 10.2. The first-order valence-electron chi connectivity index (χ1n) is 6.73. The van der Waals surface area contributed by atoms with Crippen LogP contribution >= 0.6 is 0 Å². The third-order valence-corrected chi connectivity index (χ3v) is 3.43. The van der Waals surface area contributed by atoms with Crippen molar-refractivity contribution in [2.45, 2.75) is 6.61 Å². The number of nitrogens with zero attached hydrogens (tertiary/aromatic N) is 3. The Labute approximate surface area is 130 Å². The highest BCUT2D eigenvalue weighted by Crippen LogP contribution is 2.33. The first-order chi connectivity index (χ1) is 10.9. The molecular weight excluding hydrogens is 316 g/mol. The zero-order valence-electron chi connectivity index (χ0n) is 12.3. The molecule has 0 bridgehead atoms. The van der Waals surface area contributed by atoms with E-state index >= 15 is 0 Å². The third-order valence-electron chi connectivity index (χ3n) is 3.43. The van der Waals surface area contributed by atoms with E-state index in [-0.39, 0.29) is 0 Å². The highest BCUT2D eigenvalue weighted by atomic mass is 19.3. The molecule has 1 fully saturated rings. The first kappa shape index (κ1) is 16.7. The fraction of sp³-hybridized carbons (Fsp3) is 0.462. The van der Waals surface area contributed by atoms with E-state index in [2.05, 4.69) is 9.47 Å². The van der Waals surface area contributed by atoms with E-state index in [0.717, 1.165) is 6.07 Å². The second-order valence-corrected chi connectivity index (χ2v) is 4.73. The molecule has 0 aliphatic carbocycles. The summed E-state index contributed by atoms with van der Waals surface area (Å²) in [4.78, 5) is 24.8. The van der Waals surface area contributed by atoms with E-state index in [4.69, 9.17) is 0 Å². The van der Waals surface area contributed by atoms with Gasteiger partial charge < -0.3 is 19.3 Å². The van der Waals surface area contributed by atoms with Crippen LogP contribution in [0.4, 0.5) is 25.0 Å². The Morgan fingerprint density at radius 1 is 1.30 bits per heavy atom. The molecule has 1 saturated heterocycles. The van der Waals surface area contributed by atoms with Crippen LogP contribution in [0.25, 0.3) is 0 Å². The van der Waals surface area contributed by atoms with Crippen LogP contribution in [-0.2, 0) is 4.74 Å². The molecule has 0 radical (unpaired) electrons. The van der Waals surface area contributed by atoms with Crippen molar-refractivity contribution in [2.24, 2.45) is 0 Å². The Kier molecular flexibility index (Phi) is 5.14. The lowest BCUT2D eigenvalue weighted by Crippen LogP contribution is -2.48. The predicted molar refractivity (Wildman–Crippen MR) is 75.9 cm³/mol. The number of rotatable bonds is 4. The number of anilines is 1. The third kappa shape index (κ3) is 3.96. The molecule has 8 nitrogen and oxygen atoms in total. The molecule has 1 heterocycles. The first-order valence-corrected chi connectivity index (χ1v) is 6.73. The number of ether oxygens (including phenoxy) is 2. The van der Waals surface area contributed by atoms with Gasteiger partial charge in [-0.1, -0.05) is 0 Å². The van der Waals surface area contributed by atoms with E-state index in [9.17, 15) is 23.7 Å². The van der Waals surface area contributed by atoms with Crippen molar-refractivity contribution in [1.29, 1.82) is 0 Å². The molecule has 2 rings (SSSR count). The number of nitro groups is 1. The van der Waals surface area contributed by atoms with Gasteiger partial charge in [0.05, 0.1) is 12.0 Å². The zero-order valence-corrected chi connectivity index (χ0v) is 12.3. The molecular formula is C13H15F2N3O5. The summed E-state index contributed by atoms with van der Waals surface area (Å²) in [5.74, 6) is -0.488. The molecule has 0 spiro atoms. The summed E-state index contributed by atoms with van der Waals surface area (Å²) >= 11 is 0. The van der Waals surface area contributed by atoms with Gasteiger partial charge in [-0.25, -0.2) is 4.79 Å². The number of alkyl halides is 2. The van der Waals surface area contributed by atoms with E-state index in [1.54, 1.807) is 0 Å². The number of nitro benzene ring substituents is 1. The van der Waals surface area contributed by atoms with Gasteiger partial charge in [0.25, 0.3) is 0 Å². The lowest BCUT2D eigenvalue weighted by Gasteiger charge is -2.35. The number of methoxy groups -OCH3 is 1. The van der Waals surface area contributed by atoms with Crippen LogP contribution in [0.5, 0.6) is 5.75 Å². The Bertz CT molecular complexity index is 591. The number of amides is 1. The molecule has 0 N–H and O–H groups in total. The van der Waals surface area contributed by atoms with Crippen molar-refractivity contribution in [1.82, 2.24) is 4.90 Å². The van der Waals surface area contributed by atoms with Gasteiger partial charge in [-0.05, 0) is 6.07 Å². The topological polar surface area (TPSA) is 85.2 Å². The summed E-state index contributed by atoms with van der Waals surface area (Å²) in [6, 6.07) is 3.79. The molecule has 0 atom stereocenters. The van der Waals surface area contributed by atoms with E-state index in [1.807, 2.05) is 4.90 Å². The molecule has 1 aliphatic heterocycles. The van der Waals surface area contributed by atoms with Crippen molar-refractivity contribution in [2.75, 3.05) is 38.2 Å². The summed E-state index contributed by atoms with van der Waals surface area (Å²) in [5.41, 5.74) is -0.0157. The fourth-order valence-electron chi connectivity index (χ4n) is 2.32. The normalized spacial score (nSPS) is 14.8. The van der Waals surface area contributed by atoms with Crippen molar-refractivity contribution in [3.63, 3.8) is 0 Å². The summed E-state index contributed by atoms with van der Waals surface area (Å²) in [6.45, 7) is -1.47. The van der Waals surface area contributed by atoms with Crippen LogP contribution in [0.1, 0.15) is 0 Å². The average molecular weight is 331 g/mol. The molecule has 1 aromatic rings. The average Bonchev–Trinajstić information content (AvgIpc) is 2.53. The Morgan fingerprint density at radius 2 is 1.96 bits per heavy atom. The number of hydrogen-bond donors (Lipinski definition) is 0. The van der Waals surface area contributed by atoms with Gasteiger partial charge in [0.15, 0.2) is 0 Å². The summed E-state index contributed by atoms with van der Waals surface area (Å²) < 4.78 is 33.7. The quantitative estimate of drug-likeness (QED) is 0.620. The molecule has 1 amide bonds. The monoisotopic (exact) mass is 331 g/mol. The Balaban J connectivity index is 2.14. The van der Waals surface area contributed by atoms with Crippen LogP contribution in [0, 0.1) is 10.1 Å².